The molecule has 0 aromatic heterocycles. The third-order valence-corrected chi connectivity index (χ3v) is 4.85. The summed E-state index contributed by atoms with van der Waals surface area (Å²) in [4.78, 5) is 28.1. The maximum absolute atomic E-state index is 12.4. The fraction of sp³-hybridized carbons (Fsp3) is 0.0870. The van der Waals surface area contributed by atoms with Crippen molar-refractivity contribution in [3.8, 4) is 0 Å². The number of carboxylic acids is 1. The van der Waals surface area contributed by atoms with Gasteiger partial charge in [0, 0.05) is 0 Å². The van der Waals surface area contributed by atoms with Crippen LogP contribution in [-0.2, 0) is 0 Å². The molecule has 138 valence electrons. The Morgan fingerprint density at radius 2 is 1.50 bits per heavy atom. The Morgan fingerprint density at radius 3 is 2.18 bits per heavy atom. The summed E-state index contributed by atoms with van der Waals surface area (Å²) < 4.78 is 0. The smallest absolute Gasteiger partial charge is 0.341 e. The Balaban J connectivity index is 1.88. The fourth-order valence-electron chi connectivity index (χ4n) is 3.59. The van der Waals surface area contributed by atoms with Crippen LogP contribution in [-0.4, -0.2) is 22.8 Å². The summed E-state index contributed by atoms with van der Waals surface area (Å²) in [6.45, 7) is 0. The maximum Gasteiger partial charge on any atom is 0.341 e. The number of hydrogen-bond acceptors (Lipinski definition) is 2. The van der Waals surface area contributed by atoms with E-state index >= 15 is 0 Å². The summed E-state index contributed by atoms with van der Waals surface area (Å²) in [6.07, 6.45) is 0. The number of rotatable bonds is 4. The number of urea groups is 1. The van der Waals surface area contributed by atoms with E-state index in [2.05, 4.69) is 10.3 Å². The van der Waals surface area contributed by atoms with Gasteiger partial charge < -0.3 is 10.4 Å². The predicted octanol–water partition coefficient (Wildman–Crippen LogP) is 4.42. The Hall–Kier alpha value is -3.73. The third-order valence-electron chi connectivity index (χ3n) is 4.85. The Labute approximate surface area is 162 Å². The van der Waals surface area contributed by atoms with E-state index in [0.29, 0.717) is 5.71 Å². The van der Waals surface area contributed by atoms with Gasteiger partial charge in [-0.3, -0.25) is 0 Å². The molecule has 0 bridgehead atoms. The van der Waals surface area contributed by atoms with E-state index in [4.69, 9.17) is 0 Å². The van der Waals surface area contributed by atoms with Gasteiger partial charge in [-0.15, -0.1) is 0 Å². The largest absolute Gasteiger partial charge is 0.478 e. The highest BCUT2D eigenvalue weighted by molar-refractivity contribution is 6.12. The van der Waals surface area contributed by atoms with Gasteiger partial charge in [-0.25, -0.2) is 9.59 Å². The molecule has 4 rings (SSSR count). The standard InChI is InChI=1S/C23H18N2O3/c26-22(27)18-13-7-12-17(14-18)21-19(15-8-3-1-4-9-15)20(24-23(28)25-21)16-10-5-2-6-11-16/h1-14,19,21H,(H,25,28)(H,26,27). The van der Waals surface area contributed by atoms with Crippen molar-refractivity contribution in [2.45, 2.75) is 12.0 Å². The molecule has 5 nitrogen and oxygen atoms in total. The van der Waals surface area contributed by atoms with Crippen molar-refractivity contribution in [2.75, 3.05) is 0 Å². The number of carbonyl (C=O) groups is 2. The van der Waals surface area contributed by atoms with Gasteiger partial charge in [-0.05, 0) is 28.8 Å². The zero-order valence-corrected chi connectivity index (χ0v) is 14.9. The maximum atomic E-state index is 12.4. The van der Waals surface area contributed by atoms with Gasteiger partial charge in [0.15, 0.2) is 0 Å². The molecule has 0 radical (unpaired) electrons. The summed E-state index contributed by atoms with van der Waals surface area (Å²) in [5.74, 6) is -1.25. The molecule has 2 unspecified atom stereocenters. The lowest BCUT2D eigenvalue weighted by Crippen LogP contribution is -2.40. The van der Waals surface area contributed by atoms with Crippen molar-refractivity contribution in [3.63, 3.8) is 0 Å². The molecule has 0 saturated heterocycles. The summed E-state index contributed by atoms with van der Waals surface area (Å²) in [5.41, 5.74) is 3.44. The lowest BCUT2D eigenvalue weighted by molar-refractivity contribution is 0.0696. The number of aromatic carboxylic acids is 1. The van der Waals surface area contributed by atoms with E-state index in [1.54, 1.807) is 18.2 Å². The van der Waals surface area contributed by atoms with Crippen LogP contribution in [0.4, 0.5) is 4.79 Å². The number of nitrogens with zero attached hydrogens (tertiary/aromatic N) is 1. The molecule has 0 saturated carbocycles. The topological polar surface area (TPSA) is 78.8 Å². The minimum absolute atomic E-state index is 0.183. The van der Waals surface area contributed by atoms with Crippen molar-refractivity contribution in [2.24, 2.45) is 4.99 Å². The van der Waals surface area contributed by atoms with Gasteiger partial charge in [-0.1, -0.05) is 72.8 Å². The molecule has 3 aromatic rings. The minimum Gasteiger partial charge on any atom is -0.478 e. The molecule has 0 aliphatic carbocycles. The van der Waals surface area contributed by atoms with Crippen LogP contribution in [0.15, 0.2) is 89.9 Å². The number of carboxylic acid groups (broad SMARTS) is 1. The van der Waals surface area contributed by atoms with Gasteiger partial charge in [0.05, 0.1) is 23.2 Å². The Morgan fingerprint density at radius 1 is 0.857 bits per heavy atom. The van der Waals surface area contributed by atoms with E-state index in [1.165, 1.54) is 0 Å². The van der Waals surface area contributed by atoms with Crippen LogP contribution in [0.1, 0.15) is 39.0 Å². The predicted molar refractivity (Wildman–Crippen MR) is 107 cm³/mol. The lowest BCUT2D eigenvalue weighted by atomic mass is 9.80. The molecule has 1 aliphatic rings. The van der Waals surface area contributed by atoms with E-state index < -0.39 is 18.0 Å². The van der Waals surface area contributed by atoms with Crippen LogP contribution in [0.3, 0.4) is 0 Å². The summed E-state index contributed by atoms with van der Waals surface area (Å²) >= 11 is 0. The van der Waals surface area contributed by atoms with Gasteiger partial charge in [0.25, 0.3) is 0 Å². The number of aliphatic imine (C=N–C) groups is 1. The van der Waals surface area contributed by atoms with Gasteiger partial charge >= 0.3 is 12.0 Å². The molecule has 1 heterocycles. The lowest BCUT2D eigenvalue weighted by Gasteiger charge is -2.33. The van der Waals surface area contributed by atoms with Crippen molar-refractivity contribution in [1.82, 2.24) is 5.32 Å². The SMILES string of the molecule is O=C1N=C(c2ccccc2)C(c2ccccc2)C(c2cccc(C(=O)O)c2)N1. The normalized spacial score (nSPS) is 18.9. The molecule has 5 heteroatoms. The molecular weight excluding hydrogens is 352 g/mol. The van der Waals surface area contributed by atoms with Crippen LogP contribution in [0.2, 0.25) is 0 Å². The van der Waals surface area contributed by atoms with Crippen LogP contribution < -0.4 is 5.32 Å². The van der Waals surface area contributed by atoms with E-state index in [0.717, 1.165) is 16.7 Å². The van der Waals surface area contributed by atoms with Crippen molar-refractivity contribution in [3.05, 3.63) is 107 Å². The number of nitrogens with one attached hydrogen (secondary N) is 1. The van der Waals surface area contributed by atoms with Crippen molar-refractivity contribution >= 4 is 17.7 Å². The molecule has 0 fully saturated rings. The van der Waals surface area contributed by atoms with Gasteiger partial charge in [0.2, 0.25) is 0 Å². The highest BCUT2D eigenvalue weighted by Gasteiger charge is 2.35. The average Bonchev–Trinajstić information content (AvgIpc) is 2.74. The first-order chi connectivity index (χ1) is 13.6. The highest BCUT2D eigenvalue weighted by Crippen LogP contribution is 2.37. The van der Waals surface area contributed by atoms with Crippen LogP contribution in [0.5, 0.6) is 0 Å². The van der Waals surface area contributed by atoms with Crippen LogP contribution in [0, 0.1) is 0 Å². The second kappa shape index (κ2) is 7.48. The monoisotopic (exact) mass is 370 g/mol. The molecular formula is C23H18N2O3. The molecule has 1 aliphatic heterocycles. The van der Waals surface area contributed by atoms with Crippen molar-refractivity contribution in [1.29, 1.82) is 0 Å². The fourth-order valence-corrected chi connectivity index (χ4v) is 3.59. The van der Waals surface area contributed by atoms with Gasteiger partial charge in [0.1, 0.15) is 0 Å². The Kier molecular flexibility index (Phi) is 4.72. The first kappa shape index (κ1) is 17.7. The molecule has 3 aromatic carbocycles. The van der Waals surface area contributed by atoms with Crippen molar-refractivity contribution < 1.29 is 14.7 Å². The number of carbonyl (C=O) groups excluding carboxylic acids is 1. The number of amides is 2. The van der Waals surface area contributed by atoms with Gasteiger partial charge in [-0.2, -0.15) is 4.99 Å². The first-order valence-electron chi connectivity index (χ1n) is 8.96. The first-order valence-corrected chi connectivity index (χ1v) is 8.96. The molecule has 0 spiro atoms. The van der Waals surface area contributed by atoms with Crippen LogP contribution in [0.25, 0.3) is 0 Å². The summed E-state index contributed by atoms with van der Waals surface area (Å²) in [6, 6.07) is 25.2. The minimum atomic E-state index is -1.00. The summed E-state index contributed by atoms with van der Waals surface area (Å²) in [7, 11) is 0. The molecule has 2 N–H and O–H groups in total. The van der Waals surface area contributed by atoms with E-state index in [9.17, 15) is 14.7 Å². The van der Waals surface area contributed by atoms with E-state index in [-0.39, 0.29) is 11.5 Å². The quantitative estimate of drug-likeness (QED) is 0.713. The number of hydrogen-bond donors (Lipinski definition) is 2. The average molecular weight is 370 g/mol. The zero-order valence-electron chi connectivity index (χ0n) is 14.9. The number of benzene rings is 3. The zero-order chi connectivity index (χ0) is 19.5. The second-order valence-electron chi connectivity index (χ2n) is 6.61. The van der Waals surface area contributed by atoms with Crippen LogP contribution >= 0.6 is 0 Å². The second-order valence-corrected chi connectivity index (χ2v) is 6.61. The van der Waals surface area contributed by atoms with E-state index in [1.807, 2.05) is 66.7 Å². The third kappa shape index (κ3) is 3.42. The molecule has 28 heavy (non-hydrogen) atoms. The molecule has 2 atom stereocenters. The molecule has 2 amide bonds. The Bertz CT molecular complexity index is 1050. The summed E-state index contributed by atoms with van der Waals surface area (Å²) in [5, 5.41) is 12.3. The highest BCUT2D eigenvalue weighted by atomic mass is 16.4.